The van der Waals surface area contributed by atoms with Gasteiger partial charge in [-0.25, -0.2) is 4.98 Å². The van der Waals surface area contributed by atoms with Gasteiger partial charge in [0, 0.05) is 50.5 Å². The number of nitrogens with zero attached hydrogens (tertiary/aromatic N) is 3. The largest absolute Gasteiger partial charge is 0.351 e. The van der Waals surface area contributed by atoms with Crippen molar-refractivity contribution in [1.29, 1.82) is 0 Å². The van der Waals surface area contributed by atoms with E-state index in [0.29, 0.717) is 12.1 Å². The van der Waals surface area contributed by atoms with Gasteiger partial charge in [0.25, 0.3) is 5.91 Å². The topological polar surface area (TPSA) is 62.2 Å². The van der Waals surface area contributed by atoms with Gasteiger partial charge in [0.2, 0.25) is 0 Å². The van der Waals surface area contributed by atoms with Crippen LogP contribution >= 0.6 is 0 Å². The Hall–Kier alpha value is -2.70. The van der Waals surface area contributed by atoms with E-state index < -0.39 is 0 Å². The van der Waals surface area contributed by atoms with Crippen molar-refractivity contribution < 1.29 is 4.79 Å². The zero-order valence-corrected chi connectivity index (χ0v) is 14.7. The lowest BCUT2D eigenvalue weighted by atomic mass is 10.2. The molecule has 3 aromatic rings. The maximum atomic E-state index is 12.3. The van der Waals surface area contributed by atoms with E-state index in [9.17, 15) is 4.79 Å². The molecule has 0 unspecified atom stereocenters. The quantitative estimate of drug-likeness (QED) is 0.735. The molecule has 4 rings (SSSR count). The zero-order chi connectivity index (χ0) is 17.8. The van der Waals surface area contributed by atoms with Gasteiger partial charge in [0.1, 0.15) is 6.33 Å². The van der Waals surface area contributed by atoms with E-state index in [4.69, 9.17) is 0 Å². The molecule has 2 aromatic carbocycles. The molecule has 0 atom stereocenters. The molecule has 0 spiro atoms. The van der Waals surface area contributed by atoms with Crippen LogP contribution in [0.5, 0.6) is 0 Å². The van der Waals surface area contributed by atoms with Crippen LogP contribution in [0.3, 0.4) is 0 Å². The third kappa shape index (κ3) is 3.61. The van der Waals surface area contributed by atoms with Crippen molar-refractivity contribution in [2.24, 2.45) is 0 Å². The molecule has 0 radical (unpaired) electrons. The first-order chi connectivity index (χ1) is 12.8. The Bertz CT molecular complexity index is 881. The number of aromatic nitrogens is 2. The highest BCUT2D eigenvalue weighted by Gasteiger charge is 2.11. The van der Waals surface area contributed by atoms with Crippen LogP contribution in [0.2, 0.25) is 0 Å². The number of rotatable bonds is 5. The number of piperazine rings is 1. The summed E-state index contributed by atoms with van der Waals surface area (Å²) in [6.45, 7) is 5.71. The Morgan fingerprint density at radius 2 is 1.85 bits per heavy atom. The summed E-state index contributed by atoms with van der Waals surface area (Å²) in [5, 5.41) is 6.34. The summed E-state index contributed by atoms with van der Waals surface area (Å²) in [5.74, 6) is -0.0258. The third-order valence-corrected chi connectivity index (χ3v) is 4.78. The van der Waals surface area contributed by atoms with Crippen molar-refractivity contribution in [2.75, 3.05) is 39.3 Å². The van der Waals surface area contributed by atoms with Crippen LogP contribution in [0.1, 0.15) is 10.4 Å². The van der Waals surface area contributed by atoms with Crippen molar-refractivity contribution in [1.82, 2.24) is 25.1 Å². The number of fused-ring (bicyclic) bond motifs is 1. The lowest BCUT2D eigenvalue weighted by Crippen LogP contribution is -2.46. The van der Waals surface area contributed by atoms with Crippen molar-refractivity contribution in [3.05, 3.63) is 60.4 Å². The number of hydrogen-bond donors (Lipinski definition) is 2. The standard InChI is InChI=1S/C20H23N5O/c26-20(22-11-14-24-12-9-21-10-13-24)16-5-7-17(8-6-16)25-15-23-18-3-1-2-4-19(18)25/h1-8,15,21H,9-14H2,(H,22,26). The predicted molar refractivity (Wildman–Crippen MR) is 103 cm³/mol. The minimum absolute atomic E-state index is 0.0258. The Morgan fingerprint density at radius 3 is 2.65 bits per heavy atom. The summed E-state index contributed by atoms with van der Waals surface area (Å²) in [4.78, 5) is 19.1. The number of carbonyl (C=O) groups is 1. The average molecular weight is 349 g/mol. The van der Waals surface area contributed by atoms with Crippen LogP contribution in [0.25, 0.3) is 16.7 Å². The smallest absolute Gasteiger partial charge is 0.251 e. The maximum absolute atomic E-state index is 12.3. The second kappa shape index (κ2) is 7.68. The highest BCUT2D eigenvalue weighted by molar-refractivity contribution is 5.94. The van der Waals surface area contributed by atoms with Crippen molar-refractivity contribution in [3.8, 4) is 5.69 Å². The second-order valence-electron chi connectivity index (χ2n) is 6.50. The molecule has 1 aliphatic rings. The van der Waals surface area contributed by atoms with Crippen molar-refractivity contribution >= 4 is 16.9 Å². The van der Waals surface area contributed by atoms with Crippen molar-refractivity contribution in [2.45, 2.75) is 0 Å². The highest BCUT2D eigenvalue weighted by atomic mass is 16.1. The minimum Gasteiger partial charge on any atom is -0.351 e. The molecule has 2 heterocycles. The SMILES string of the molecule is O=C(NCCN1CCNCC1)c1ccc(-n2cnc3ccccc32)cc1. The maximum Gasteiger partial charge on any atom is 0.251 e. The molecule has 26 heavy (non-hydrogen) atoms. The number of para-hydroxylation sites is 2. The highest BCUT2D eigenvalue weighted by Crippen LogP contribution is 2.18. The second-order valence-corrected chi connectivity index (χ2v) is 6.50. The van der Waals surface area contributed by atoms with Gasteiger partial charge in [0.05, 0.1) is 11.0 Å². The summed E-state index contributed by atoms with van der Waals surface area (Å²) in [7, 11) is 0. The molecule has 1 aliphatic heterocycles. The Morgan fingerprint density at radius 1 is 1.08 bits per heavy atom. The zero-order valence-electron chi connectivity index (χ0n) is 14.7. The first-order valence-corrected chi connectivity index (χ1v) is 9.05. The van der Waals surface area contributed by atoms with E-state index in [-0.39, 0.29) is 5.91 Å². The third-order valence-electron chi connectivity index (χ3n) is 4.78. The molecule has 1 saturated heterocycles. The molecule has 1 aromatic heterocycles. The molecule has 1 fully saturated rings. The van der Waals surface area contributed by atoms with E-state index in [1.165, 1.54) is 0 Å². The fraction of sp³-hybridized carbons (Fsp3) is 0.300. The van der Waals surface area contributed by atoms with Crippen LogP contribution < -0.4 is 10.6 Å². The van der Waals surface area contributed by atoms with Crippen LogP contribution in [0.4, 0.5) is 0 Å². The van der Waals surface area contributed by atoms with Crippen LogP contribution in [-0.2, 0) is 0 Å². The molecule has 134 valence electrons. The van der Waals surface area contributed by atoms with E-state index in [1.54, 1.807) is 0 Å². The summed E-state index contributed by atoms with van der Waals surface area (Å²) in [5.41, 5.74) is 3.69. The number of benzene rings is 2. The number of amides is 1. The Kier molecular flexibility index (Phi) is 4.95. The average Bonchev–Trinajstić information content (AvgIpc) is 3.13. The summed E-state index contributed by atoms with van der Waals surface area (Å²) < 4.78 is 2.03. The van der Waals surface area contributed by atoms with Crippen LogP contribution in [0.15, 0.2) is 54.9 Å². The summed E-state index contributed by atoms with van der Waals surface area (Å²) >= 11 is 0. The molecular weight excluding hydrogens is 326 g/mol. The number of carbonyl (C=O) groups excluding carboxylic acids is 1. The van der Waals surface area contributed by atoms with E-state index in [0.717, 1.165) is 49.4 Å². The number of imidazole rings is 1. The molecular formula is C20H23N5O. The van der Waals surface area contributed by atoms with Gasteiger partial charge in [0.15, 0.2) is 0 Å². The first kappa shape index (κ1) is 16.8. The molecule has 6 heteroatoms. The fourth-order valence-electron chi connectivity index (χ4n) is 3.30. The number of nitrogens with one attached hydrogen (secondary N) is 2. The number of hydrogen-bond acceptors (Lipinski definition) is 4. The van der Waals surface area contributed by atoms with Gasteiger partial charge in [-0.3, -0.25) is 14.3 Å². The lowest BCUT2D eigenvalue weighted by molar-refractivity contribution is 0.0947. The molecule has 0 aliphatic carbocycles. The van der Waals surface area contributed by atoms with E-state index in [1.807, 2.05) is 59.4 Å². The van der Waals surface area contributed by atoms with Gasteiger partial charge in [-0.2, -0.15) is 0 Å². The summed E-state index contributed by atoms with van der Waals surface area (Å²) in [6, 6.07) is 15.7. The molecule has 0 bridgehead atoms. The molecule has 2 N–H and O–H groups in total. The van der Waals surface area contributed by atoms with Gasteiger partial charge in [-0.05, 0) is 36.4 Å². The van der Waals surface area contributed by atoms with E-state index in [2.05, 4.69) is 20.5 Å². The van der Waals surface area contributed by atoms with Gasteiger partial charge >= 0.3 is 0 Å². The Labute approximate surface area is 152 Å². The van der Waals surface area contributed by atoms with Crippen molar-refractivity contribution in [3.63, 3.8) is 0 Å². The lowest BCUT2D eigenvalue weighted by Gasteiger charge is -2.27. The normalized spacial score (nSPS) is 15.2. The van der Waals surface area contributed by atoms with Crippen LogP contribution in [-0.4, -0.2) is 59.6 Å². The predicted octanol–water partition coefficient (Wildman–Crippen LogP) is 1.66. The van der Waals surface area contributed by atoms with Gasteiger partial charge in [-0.15, -0.1) is 0 Å². The van der Waals surface area contributed by atoms with Gasteiger partial charge < -0.3 is 10.6 Å². The summed E-state index contributed by atoms with van der Waals surface area (Å²) in [6.07, 6.45) is 1.81. The van der Waals surface area contributed by atoms with Crippen LogP contribution in [0, 0.1) is 0 Å². The van der Waals surface area contributed by atoms with E-state index >= 15 is 0 Å². The fourth-order valence-corrected chi connectivity index (χ4v) is 3.30. The molecule has 1 amide bonds. The molecule has 0 saturated carbocycles. The van der Waals surface area contributed by atoms with Gasteiger partial charge in [-0.1, -0.05) is 12.1 Å². The first-order valence-electron chi connectivity index (χ1n) is 9.05. The Balaban J connectivity index is 1.38. The minimum atomic E-state index is -0.0258. The monoisotopic (exact) mass is 349 g/mol. The molecule has 6 nitrogen and oxygen atoms in total.